The number of esters is 1. The quantitative estimate of drug-likeness (QED) is 0.0922. The molecule has 3 saturated carbocycles. The molecule has 3 amide bonds. The number of thiophene rings is 1. The number of carbonyl (C=O) groups excluding carboxylic acids is 4. The maximum atomic E-state index is 16.8. The van der Waals surface area contributed by atoms with Crippen molar-refractivity contribution in [3.8, 4) is 11.8 Å². The van der Waals surface area contributed by atoms with Gasteiger partial charge >= 0.3 is 13.5 Å². The number of nitrogens with zero attached hydrogens (tertiary/aromatic N) is 4. The van der Waals surface area contributed by atoms with Gasteiger partial charge < -0.3 is 29.3 Å². The molecule has 1 spiro atoms. The topological polar surface area (TPSA) is 161 Å². The van der Waals surface area contributed by atoms with E-state index in [0.29, 0.717) is 53.6 Å². The third-order valence-corrected chi connectivity index (χ3v) is 19.0. The van der Waals surface area contributed by atoms with E-state index < -0.39 is 43.4 Å². The second-order valence-corrected chi connectivity index (χ2v) is 23.3. The molecule has 358 valence electrons. The van der Waals surface area contributed by atoms with Crippen LogP contribution in [0.3, 0.4) is 0 Å². The zero-order valence-electron chi connectivity index (χ0n) is 38.6. The molecular weight excluding hydrogens is 903 g/mol. The number of ether oxygens (including phenoxy) is 1. The smallest absolute Gasteiger partial charge is 0.355 e. The van der Waals surface area contributed by atoms with Crippen molar-refractivity contribution in [1.29, 1.82) is 5.26 Å². The van der Waals surface area contributed by atoms with E-state index in [1.54, 1.807) is 42.5 Å². The highest BCUT2D eigenvalue weighted by atomic mass is 32.1. The maximum absolute atomic E-state index is 16.8. The third kappa shape index (κ3) is 9.22. The number of likely N-dealkylation sites (tertiary alicyclic amines) is 1. The Morgan fingerprint density at radius 3 is 2.37 bits per heavy atom. The molecule has 13 nitrogen and oxygen atoms in total. The summed E-state index contributed by atoms with van der Waals surface area (Å²) in [7, 11) is -2.37. The molecule has 3 aliphatic carbocycles. The number of carbonyl (C=O) groups is 4. The van der Waals surface area contributed by atoms with E-state index in [0.717, 1.165) is 51.4 Å². The average molecular weight is 963 g/mol. The van der Waals surface area contributed by atoms with Crippen LogP contribution < -0.4 is 14.9 Å². The van der Waals surface area contributed by atoms with E-state index in [1.807, 2.05) is 23.1 Å². The minimum atomic E-state index is -4.48. The number of nitriles is 1. The van der Waals surface area contributed by atoms with Crippen LogP contribution in [0.1, 0.15) is 123 Å². The molecule has 4 aromatic rings. The predicted molar refractivity (Wildman–Crippen MR) is 257 cm³/mol. The molecule has 3 saturated heterocycles. The van der Waals surface area contributed by atoms with Gasteiger partial charge in [-0.1, -0.05) is 54.6 Å². The van der Waals surface area contributed by atoms with Crippen LogP contribution in [-0.2, 0) is 23.7 Å². The molecule has 1 unspecified atom stereocenters. The molecular formula is C52H60FN6O7PS. The van der Waals surface area contributed by atoms with Gasteiger partial charge in [-0.15, -0.1) is 11.3 Å². The number of amides is 3. The second kappa shape index (κ2) is 19.0. The van der Waals surface area contributed by atoms with Crippen molar-refractivity contribution >= 4 is 52.6 Å². The molecule has 16 heteroatoms. The summed E-state index contributed by atoms with van der Waals surface area (Å²) in [5.74, 6) is -3.09. The van der Waals surface area contributed by atoms with Gasteiger partial charge in [-0.05, 0) is 144 Å². The van der Waals surface area contributed by atoms with E-state index >= 15 is 4.39 Å². The van der Waals surface area contributed by atoms with Crippen molar-refractivity contribution in [2.75, 3.05) is 13.6 Å². The van der Waals surface area contributed by atoms with Gasteiger partial charge in [0.05, 0.1) is 10.9 Å². The highest BCUT2D eigenvalue weighted by Gasteiger charge is 2.59. The first kappa shape index (κ1) is 46.6. The van der Waals surface area contributed by atoms with Gasteiger partial charge in [0.1, 0.15) is 30.0 Å². The van der Waals surface area contributed by atoms with Gasteiger partial charge in [0.2, 0.25) is 17.7 Å². The van der Waals surface area contributed by atoms with Crippen LogP contribution in [0.15, 0.2) is 84.9 Å². The first-order valence-electron chi connectivity index (χ1n) is 24.4. The van der Waals surface area contributed by atoms with Crippen LogP contribution in [-0.4, -0.2) is 99.9 Å². The van der Waals surface area contributed by atoms with Gasteiger partial charge in [0.25, 0.3) is 5.91 Å². The van der Waals surface area contributed by atoms with Crippen LogP contribution >= 0.6 is 18.9 Å². The van der Waals surface area contributed by atoms with Crippen molar-refractivity contribution in [1.82, 2.24) is 25.1 Å². The number of hydrogen-bond acceptors (Lipinski definition) is 10. The summed E-state index contributed by atoms with van der Waals surface area (Å²) in [4.78, 5) is 63.7. The van der Waals surface area contributed by atoms with Crippen molar-refractivity contribution < 1.29 is 37.4 Å². The van der Waals surface area contributed by atoms with Gasteiger partial charge in [0.15, 0.2) is 0 Å². The zero-order valence-corrected chi connectivity index (χ0v) is 40.3. The molecule has 3 aliphatic heterocycles. The summed E-state index contributed by atoms with van der Waals surface area (Å²) in [5, 5.41) is 15.8. The number of halogens is 1. The summed E-state index contributed by atoms with van der Waals surface area (Å²) in [5.41, 5.74) is 1.09. The summed E-state index contributed by atoms with van der Waals surface area (Å²) in [6.45, 7) is 2.10. The number of hydrogen-bond donors (Lipinski definition) is 2. The molecule has 4 heterocycles. The number of para-hydroxylation sites is 1. The molecule has 10 rings (SSSR count). The lowest BCUT2D eigenvalue weighted by Crippen LogP contribution is -2.59. The molecule has 1 aromatic heterocycles. The molecule has 68 heavy (non-hydrogen) atoms. The van der Waals surface area contributed by atoms with Gasteiger partial charge in [0, 0.05) is 46.7 Å². The van der Waals surface area contributed by atoms with E-state index in [2.05, 4.69) is 45.5 Å². The molecule has 6 aliphatic rings. The summed E-state index contributed by atoms with van der Waals surface area (Å²) < 4.78 is 43.4. The van der Waals surface area contributed by atoms with Crippen LogP contribution in [0.2, 0.25) is 0 Å². The monoisotopic (exact) mass is 962 g/mol. The normalized spacial score (nSPS) is 28.3. The highest BCUT2D eigenvalue weighted by Crippen LogP contribution is 2.58. The Morgan fingerprint density at radius 1 is 0.941 bits per heavy atom. The highest BCUT2D eigenvalue weighted by molar-refractivity contribution is 7.57. The van der Waals surface area contributed by atoms with Gasteiger partial charge in [-0.3, -0.25) is 23.7 Å². The van der Waals surface area contributed by atoms with Gasteiger partial charge in [-0.25, -0.2) is 9.48 Å². The Bertz CT molecular complexity index is 2630. The number of benzene rings is 3. The second-order valence-electron chi connectivity index (χ2n) is 20.2. The first-order valence-corrected chi connectivity index (χ1v) is 26.9. The molecule has 2 N–H and O–H groups in total. The maximum Gasteiger partial charge on any atom is 0.355 e. The minimum Gasteiger partial charge on any atom is -0.461 e. The van der Waals surface area contributed by atoms with Crippen molar-refractivity contribution in [2.24, 2.45) is 5.92 Å². The molecule has 0 radical (unpaired) electrons. The summed E-state index contributed by atoms with van der Waals surface area (Å²) in [6, 6.07) is 24.8. The Labute approximate surface area is 401 Å². The van der Waals surface area contributed by atoms with E-state index in [1.165, 1.54) is 36.0 Å². The summed E-state index contributed by atoms with van der Waals surface area (Å²) in [6.07, 6.45) is 9.68. The van der Waals surface area contributed by atoms with Crippen LogP contribution in [0.5, 0.6) is 5.75 Å². The fraction of sp³-hybridized carbons (Fsp3) is 0.519. The predicted octanol–water partition coefficient (Wildman–Crippen LogP) is 9.01. The zero-order chi connectivity index (χ0) is 47.3. The van der Waals surface area contributed by atoms with Crippen molar-refractivity contribution in [3.63, 3.8) is 0 Å². The van der Waals surface area contributed by atoms with Crippen LogP contribution in [0.25, 0.3) is 10.1 Å². The van der Waals surface area contributed by atoms with E-state index in [4.69, 9.17) is 9.26 Å². The lowest BCUT2D eigenvalue weighted by atomic mass is 9.79. The average Bonchev–Trinajstić information content (AvgIpc) is 3.59. The van der Waals surface area contributed by atoms with Crippen LogP contribution in [0.4, 0.5) is 4.39 Å². The largest absolute Gasteiger partial charge is 0.461 e. The number of rotatable bonds is 14. The van der Waals surface area contributed by atoms with E-state index in [9.17, 15) is 29.0 Å². The first-order chi connectivity index (χ1) is 32.8. The standard InChI is InChI=1S/C52H60FN6O7PS/c1-32(51(63)65-41-14-9-15-41)56-67(64,66-42-12-7-4-8-13-42)47(53)35-16-21-45-36(26-35)27-46(68-45)48(60)55-43-19-17-38(57(2)40-24-33(25-40)30-54)28-39-18-20-44(59(39)49(43)61)50(62)58-31-37(29-52(58)22-23-52)34-10-5-3-6-11-34/h3-8,10-13,16,21,26-27,32-33,37-41,43-44,47H,9,14-15,17-20,22-25,28-29,31H2,1-2H3,(H,55,60)(H,56,64)/t32-,33?,37+,38-,39+,40?,43-,44-,47+,67?/m0/s1. The third-order valence-electron chi connectivity index (χ3n) is 15.8. The fourth-order valence-corrected chi connectivity index (χ4v) is 14.2. The molecule has 8 atom stereocenters. The van der Waals surface area contributed by atoms with E-state index in [-0.39, 0.29) is 64.7 Å². The number of fused-ring (bicyclic) bond motifs is 2. The lowest BCUT2D eigenvalue weighted by Gasteiger charge is -2.46. The van der Waals surface area contributed by atoms with Gasteiger partial charge in [-0.2, -0.15) is 5.26 Å². The lowest BCUT2D eigenvalue weighted by molar-refractivity contribution is -0.154. The Morgan fingerprint density at radius 2 is 1.68 bits per heavy atom. The fourth-order valence-electron chi connectivity index (χ4n) is 11.3. The minimum absolute atomic E-state index is 0.00615. The van der Waals surface area contributed by atoms with Crippen molar-refractivity contribution in [3.05, 3.63) is 101 Å². The molecule has 3 aromatic carbocycles. The molecule has 0 bridgehead atoms. The summed E-state index contributed by atoms with van der Waals surface area (Å²) >= 11 is 1.20. The number of alkyl halides is 1. The van der Waals surface area contributed by atoms with Crippen molar-refractivity contribution in [2.45, 2.75) is 150 Å². The van der Waals surface area contributed by atoms with Crippen LogP contribution in [0, 0.1) is 17.2 Å². The Balaban J connectivity index is 0.886. The molecule has 6 fully saturated rings. The Kier molecular flexibility index (Phi) is 13.0. The Hall–Kier alpha value is -5.13. The number of nitrogens with one attached hydrogen (secondary N) is 2. The SMILES string of the molecule is C[C@H](NP(=O)(Oc1ccccc1)[C@@H](F)c1ccc2sc(C(=O)N[C@H]3CC[C@H](N(C)C4CC(C#N)C4)C[C@H]4CC[C@@H](C(=O)N5C[C@H](c6ccccc6)CC56CC6)N4C3=O)cc2c1)C(=O)OC1CCC1.